The summed E-state index contributed by atoms with van der Waals surface area (Å²) in [7, 11) is 1.35. The van der Waals surface area contributed by atoms with Gasteiger partial charge in [-0.05, 0) is 18.6 Å². The standard InChI is InChI=1S/C12H17F3N2O/c1-3-7-18-10-6-4-5-9(11(10)16)17(2)8-12(13,14)15/h4-6H,3,7-8,16H2,1-2H3. The summed E-state index contributed by atoms with van der Waals surface area (Å²) in [5.41, 5.74) is 6.36. The summed E-state index contributed by atoms with van der Waals surface area (Å²) in [6, 6.07) is 4.82. The highest BCUT2D eigenvalue weighted by Crippen LogP contribution is 2.33. The molecule has 1 rings (SSSR count). The fourth-order valence-electron chi connectivity index (χ4n) is 1.56. The largest absolute Gasteiger partial charge is 0.491 e. The van der Waals surface area contributed by atoms with Crippen LogP contribution in [0.2, 0.25) is 0 Å². The first-order chi connectivity index (χ1) is 8.35. The van der Waals surface area contributed by atoms with E-state index < -0.39 is 12.7 Å². The number of rotatable bonds is 5. The van der Waals surface area contributed by atoms with Crippen molar-refractivity contribution in [3.05, 3.63) is 18.2 Å². The number of anilines is 2. The highest BCUT2D eigenvalue weighted by Gasteiger charge is 2.30. The van der Waals surface area contributed by atoms with Crippen molar-refractivity contribution in [1.29, 1.82) is 0 Å². The Morgan fingerprint density at radius 2 is 2.00 bits per heavy atom. The maximum atomic E-state index is 12.3. The summed E-state index contributed by atoms with van der Waals surface area (Å²) in [5.74, 6) is 0.420. The number of nitrogens with two attached hydrogens (primary N) is 1. The summed E-state index contributed by atoms with van der Waals surface area (Å²) < 4.78 is 42.3. The lowest BCUT2D eigenvalue weighted by atomic mass is 10.2. The molecule has 2 N–H and O–H groups in total. The Morgan fingerprint density at radius 1 is 1.33 bits per heavy atom. The van der Waals surface area contributed by atoms with Crippen LogP contribution in [0.4, 0.5) is 24.5 Å². The zero-order valence-corrected chi connectivity index (χ0v) is 10.4. The molecule has 0 heterocycles. The Morgan fingerprint density at radius 3 is 2.56 bits per heavy atom. The van der Waals surface area contributed by atoms with E-state index in [9.17, 15) is 13.2 Å². The van der Waals surface area contributed by atoms with Gasteiger partial charge >= 0.3 is 6.18 Å². The van der Waals surface area contributed by atoms with Gasteiger partial charge in [-0.2, -0.15) is 13.2 Å². The zero-order chi connectivity index (χ0) is 13.8. The van der Waals surface area contributed by atoms with E-state index in [0.717, 1.165) is 11.3 Å². The molecule has 0 bridgehead atoms. The third kappa shape index (κ3) is 4.01. The molecule has 0 radical (unpaired) electrons. The molecule has 0 aliphatic carbocycles. The Kier molecular flexibility index (Phi) is 4.69. The lowest BCUT2D eigenvalue weighted by molar-refractivity contribution is -0.119. The molecule has 0 saturated carbocycles. The molecule has 0 atom stereocenters. The molecule has 18 heavy (non-hydrogen) atoms. The van der Waals surface area contributed by atoms with Crippen molar-refractivity contribution in [3.63, 3.8) is 0 Å². The van der Waals surface area contributed by atoms with Gasteiger partial charge in [0.1, 0.15) is 12.3 Å². The monoisotopic (exact) mass is 262 g/mol. The van der Waals surface area contributed by atoms with Gasteiger partial charge in [-0.3, -0.25) is 0 Å². The van der Waals surface area contributed by atoms with Crippen LogP contribution in [0.15, 0.2) is 18.2 Å². The van der Waals surface area contributed by atoms with Crippen LogP contribution in [0.1, 0.15) is 13.3 Å². The van der Waals surface area contributed by atoms with E-state index in [-0.39, 0.29) is 5.69 Å². The average Bonchev–Trinajstić information content (AvgIpc) is 2.25. The third-order valence-electron chi connectivity index (χ3n) is 2.33. The molecule has 6 heteroatoms. The van der Waals surface area contributed by atoms with Crippen LogP contribution in [-0.4, -0.2) is 26.4 Å². The first-order valence-electron chi connectivity index (χ1n) is 5.64. The summed E-state index contributed by atoms with van der Waals surface area (Å²) in [6.07, 6.45) is -3.45. The maximum Gasteiger partial charge on any atom is 0.405 e. The first kappa shape index (κ1) is 14.5. The molecule has 0 unspecified atom stereocenters. The van der Waals surface area contributed by atoms with Crippen molar-refractivity contribution in [1.82, 2.24) is 0 Å². The van der Waals surface area contributed by atoms with Crippen LogP contribution in [0.25, 0.3) is 0 Å². The van der Waals surface area contributed by atoms with Crippen molar-refractivity contribution in [2.24, 2.45) is 0 Å². The number of hydrogen-bond donors (Lipinski definition) is 1. The molecule has 102 valence electrons. The summed E-state index contributed by atoms with van der Waals surface area (Å²) in [6.45, 7) is 1.38. The van der Waals surface area contributed by atoms with E-state index in [1.807, 2.05) is 6.92 Å². The van der Waals surface area contributed by atoms with Gasteiger partial charge in [-0.25, -0.2) is 0 Å². The van der Waals surface area contributed by atoms with E-state index in [2.05, 4.69) is 0 Å². The molecule has 0 saturated heterocycles. The van der Waals surface area contributed by atoms with Gasteiger partial charge in [0.05, 0.1) is 18.0 Å². The number of alkyl halides is 3. The van der Waals surface area contributed by atoms with Gasteiger partial charge in [0.2, 0.25) is 0 Å². The first-order valence-corrected chi connectivity index (χ1v) is 5.64. The molecule has 1 aromatic rings. The van der Waals surface area contributed by atoms with Crippen molar-refractivity contribution in [3.8, 4) is 5.75 Å². The minimum Gasteiger partial charge on any atom is -0.491 e. The topological polar surface area (TPSA) is 38.5 Å². The number of nitrogen functional groups attached to an aromatic ring is 1. The second-order valence-electron chi connectivity index (χ2n) is 4.01. The van der Waals surface area contributed by atoms with Gasteiger partial charge < -0.3 is 15.4 Å². The van der Waals surface area contributed by atoms with Gasteiger partial charge in [0.15, 0.2) is 0 Å². The van der Waals surface area contributed by atoms with Crippen molar-refractivity contribution < 1.29 is 17.9 Å². The normalized spacial score (nSPS) is 11.4. The summed E-state index contributed by atoms with van der Waals surface area (Å²) in [4.78, 5) is 1.06. The highest BCUT2D eigenvalue weighted by atomic mass is 19.4. The molecule has 0 aliphatic rings. The van der Waals surface area contributed by atoms with Gasteiger partial charge in [0.25, 0.3) is 0 Å². The molecule has 0 aliphatic heterocycles. The van der Waals surface area contributed by atoms with Gasteiger partial charge in [0, 0.05) is 7.05 Å². The Labute approximate surface area is 104 Å². The van der Waals surface area contributed by atoms with Crippen LogP contribution in [0.5, 0.6) is 5.75 Å². The summed E-state index contributed by atoms with van der Waals surface area (Å²) in [5, 5.41) is 0. The number of benzene rings is 1. The fraction of sp³-hybridized carbons (Fsp3) is 0.500. The van der Waals surface area contributed by atoms with Gasteiger partial charge in [-0.15, -0.1) is 0 Å². The second kappa shape index (κ2) is 5.84. The molecule has 0 amide bonds. The molecule has 0 fully saturated rings. The van der Waals surface area contributed by atoms with Crippen LogP contribution < -0.4 is 15.4 Å². The van der Waals surface area contributed by atoms with Crippen molar-refractivity contribution >= 4 is 11.4 Å². The molecular weight excluding hydrogens is 245 g/mol. The average molecular weight is 262 g/mol. The van der Waals surface area contributed by atoms with Crippen LogP contribution in [0.3, 0.4) is 0 Å². The van der Waals surface area contributed by atoms with Crippen LogP contribution >= 0.6 is 0 Å². The minimum atomic E-state index is -4.26. The van der Waals surface area contributed by atoms with Crippen molar-refractivity contribution in [2.75, 3.05) is 30.8 Å². The van der Waals surface area contributed by atoms with E-state index in [4.69, 9.17) is 10.5 Å². The van der Waals surface area contributed by atoms with Crippen LogP contribution in [-0.2, 0) is 0 Å². The van der Waals surface area contributed by atoms with Crippen molar-refractivity contribution in [2.45, 2.75) is 19.5 Å². The molecular formula is C12H17F3N2O. The maximum absolute atomic E-state index is 12.3. The molecule has 3 nitrogen and oxygen atoms in total. The highest BCUT2D eigenvalue weighted by molar-refractivity contribution is 5.73. The van der Waals surface area contributed by atoms with E-state index >= 15 is 0 Å². The Bertz CT molecular complexity index is 393. The number of hydrogen-bond acceptors (Lipinski definition) is 3. The lowest BCUT2D eigenvalue weighted by Crippen LogP contribution is -2.31. The fourth-order valence-corrected chi connectivity index (χ4v) is 1.56. The predicted molar refractivity (Wildman–Crippen MR) is 66.0 cm³/mol. The van der Waals surface area contributed by atoms with E-state index in [0.29, 0.717) is 18.0 Å². The molecule has 0 spiro atoms. The second-order valence-corrected chi connectivity index (χ2v) is 4.01. The van der Waals surface area contributed by atoms with E-state index in [1.165, 1.54) is 7.05 Å². The number of halogens is 3. The number of nitrogens with zero attached hydrogens (tertiary/aromatic N) is 1. The Hall–Kier alpha value is -1.59. The summed E-state index contributed by atoms with van der Waals surface area (Å²) >= 11 is 0. The predicted octanol–water partition coefficient (Wildman–Crippen LogP) is 3.06. The SMILES string of the molecule is CCCOc1cccc(N(C)CC(F)(F)F)c1N. The van der Waals surface area contributed by atoms with E-state index in [1.54, 1.807) is 18.2 Å². The lowest BCUT2D eigenvalue weighted by Gasteiger charge is -2.23. The molecule has 0 aromatic heterocycles. The number of ether oxygens (including phenoxy) is 1. The molecule has 1 aromatic carbocycles. The zero-order valence-electron chi connectivity index (χ0n) is 10.4. The Balaban J connectivity index is 2.89. The van der Waals surface area contributed by atoms with Gasteiger partial charge in [-0.1, -0.05) is 13.0 Å². The number of para-hydroxylation sites is 1. The smallest absolute Gasteiger partial charge is 0.405 e. The third-order valence-corrected chi connectivity index (χ3v) is 2.33. The minimum absolute atomic E-state index is 0.234. The quantitative estimate of drug-likeness (QED) is 0.829. The van der Waals surface area contributed by atoms with Crippen LogP contribution in [0, 0.1) is 0 Å².